The van der Waals surface area contributed by atoms with Crippen LogP contribution in [0, 0.1) is 0 Å². The Morgan fingerprint density at radius 2 is 1.67 bits per heavy atom. The summed E-state index contributed by atoms with van der Waals surface area (Å²) >= 11 is 0. The zero-order chi connectivity index (χ0) is 17.5. The van der Waals surface area contributed by atoms with Crippen LogP contribution in [0.3, 0.4) is 0 Å². The van der Waals surface area contributed by atoms with Gasteiger partial charge in [0.2, 0.25) is 0 Å². The van der Waals surface area contributed by atoms with E-state index < -0.39 is 0 Å². The number of methoxy groups -OCH3 is 2. The zero-order valence-corrected chi connectivity index (χ0v) is 14.6. The van der Waals surface area contributed by atoms with E-state index in [0.717, 1.165) is 11.3 Å². The van der Waals surface area contributed by atoms with Gasteiger partial charge in [0.1, 0.15) is 0 Å². The van der Waals surface area contributed by atoms with Gasteiger partial charge in [-0.3, -0.25) is 0 Å². The third-order valence-electron chi connectivity index (χ3n) is 3.74. The summed E-state index contributed by atoms with van der Waals surface area (Å²) < 4.78 is 10.5. The van der Waals surface area contributed by atoms with Gasteiger partial charge in [-0.15, -0.1) is 0 Å². The molecular weight excluding hydrogens is 304 g/mol. The van der Waals surface area contributed by atoms with Gasteiger partial charge in [-0.2, -0.15) is 0 Å². The normalized spacial score (nSPS) is 10.4. The van der Waals surface area contributed by atoms with Crippen molar-refractivity contribution in [3.63, 3.8) is 0 Å². The largest absolute Gasteiger partial charge is 0.493 e. The third-order valence-corrected chi connectivity index (χ3v) is 3.74. The van der Waals surface area contributed by atoms with Crippen LogP contribution in [-0.4, -0.2) is 20.3 Å². The van der Waals surface area contributed by atoms with Crippen LogP contribution in [0.15, 0.2) is 42.5 Å². The third kappa shape index (κ3) is 4.65. The molecule has 2 rings (SSSR count). The highest BCUT2D eigenvalue weighted by atomic mass is 16.5. The average molecular weight is 328 g/mol. The first kappa shape index (κ1) is 17.7. The van der Waals surface area contributed by atoms with Crippen molar-refractivity contribution >= 4 is 11.7 Å². The van der Waals surface area contributed by atoms with Crippen LogP contribution in [0.25, 0.3) is 0 Å². The van der Waals surface area contributed by atoms with Crippen molar-refractivity contribution in [3.05, 3.63) is 53.6 Å². The Morgan fingerprint density at radius 3 is 2.25 bits per heavy atom. The highest BCUT2D eigenvalue weighted by Gasteiger charge is 2.07. The molecule has 2 N–H and O–H groups in total. The molecule has 0 atom stereocenters. The van der Waals surface area contributed by atoms with Crippen molar-refractivity contribution in [2.45, 2.75) is 26.3 Å². The molecule has 2 aromatic rings. The van der Waals surface area contributed by atoms with E-state index >= 15 is 0 Å². The van der Waals surface area contributed by atoms with E-state index in [1.807, 2.05) is 42.5 Å². The first-order chi connectivity index (χ1) is 11.5. The van der Waals surface area contributed by atoms with Crippen molar-refractivity contribution < 1.29 is 14.3 Å². The molecule has 5 nitrogen and oxygen atoms in total. The van der Waals surface area contributed by atoms with Crippen molar-refractivity contribution in [3.8, 4) is 11.5 Å². The van der Waals surface area contributed by atoms with Gasteiger partial charge in [0.15, 0.2) is 11.5 Å². The fraction of sp³-hybridized carbons (Fsp3) is 0.316. The molecule has 0 bridgehead atoms. The van der Waals surface area contributed by atoms with E-state index in [9.17, 15) is 4.79 Å². The second-order valence-electron chi connectivity index (χ2n) is 5.77. The summed E-state index contributed by atoms with van der Waals surface area (Å²) in [6.07, 6.45) is 0. The van der Waals surface area contributed by atoms with E-state index in [-0.39, 0.29) is 6.03 Å². The molecular formula is C19H24N2O3. The average Bonchev–Trinajstić information content (AvgIpc) is 2.60. The molecule has 0 aliphatic carbocycles. The van der Waals surface area contributed by atoms with Crippen molar-refractivity contribution in [1.29, 1.82) is 0 Å². The van der Waals surface area contributed by atoms with E-state index in [0.29, 0.717) is 24.0 Å². The van der Waals surface area contributed by atoms with Crippen LogP contribution in [0.2, 0.25) is 0 Å². The maximum atomic E-state index is 12.0. The minimum Gasteiger partial charge on any atom is -0.493 e. The molecule has 0 unspecified atom stereocenters. The maximum Gasteiger partial charge on any atom is 0.319 e. The number of carbonyl (C=O) groups is 1. The van der Waals surface area contributed by atoms with E-state index in [2.05, 4.69) is 24.5 Å². The molecule has 0 aliphatic rings. The van der Waals surface area contributed by atoms with Gasteiger partial charge in [0, 0.05) is 12.2 Å². The van der Waals surface area contributed by atoms with Gasteiger partial charge in [-0.25, -0.2) is 4.79 Å². The molecule has 0 spiro atoms. The predicted octanol–water partition coefficient (Wildman–Crippen LogP) is 4.15. The van der Waals surface area contributed by atoms with Gasteiger partial charge in [-0.05, 0) is 41.3 Å². The SMILES string of the molecule is COc1ccc(CNC(=O)Nc2ccc(C(C)C)cc2)cc1OC. The molecule has 0 aromatic heterocycles. The first-order valence-electron chi connectivity index (χ1n) is 7.89. The Balaban J connectivity index is 1.91. The molecule has 2 aromatic carbocycles. The molecule has 24 heavy (non-hydrogen) atoms. The molecule has 0 radical (unpaired) electrons. The number of urea groups is 1. The number of rotatable bonds is 6. The van der Waals surface area contributed by atoms with Crippen molar-refractivity contribution in [2.24, 2.45) is 0 Å². The highest BCUT2D eigenvalue weighted by molar-refractivity contribution is 5.89. The van der Waals surface area contributed by atoms with Crippen molar-refractivity contribution in [2.75, 3.05) is 19.5 Å². The molecule has 0 fully saturated rings. The Bertz CT molecular complexity index is 682. The standard InChI is InChI=1S/C19H24N2O3/c1-13(2)15-6-8-16(9-7-15)21-19(22)20-12-14-5-10-17(23-3)18(11-14)24-4/h5-11,13H,12H2,1-4H3,(H2,20,21,22). The number of carbonyl (C=O) groups excluding carboxylic acids is 1. The van der Waals surface area contributed by atoms with E-state index in [1.54, 1.807) is 14.2 Å². The van der Waals surface area contributed by atoms with Crippen LogP contribution >= 0.6 is 0 Å². The molecule has 0 saturated carbocycles. The lowest BCUT2D eigenvalue weighted by Gasteiger charge is -2.11. The van der Waals surface area contributed by atoms with E-state index in [4.69, 9.17) is 9.47 Å². The quantitative estimate of drug-likeness (QED) is 0.837. The summed E-state index contributed by atoms with van der Waals surface area (Å²) in [5, 5.41) is 5.65. The summed E-state index contributed by atoms with van der Waals surface area (Å²) in [5.74, 6) is 1.77. The van der Waals surface area contributed by atoms with Gasteiger partial charge in [0.25, 0.3) is 0 Å². The van der Waals surface area contributed by atoms with Crippen LogP contribution < -0.4 is 20.1 Å². The number of benzene rings is 2. The number of amides is 2. The smallest absolute Gasteiger partial charge is 0.319 e. The number of hydrogen-bond donors (Lipinski definition) is 2. The van der Waals surface area contributed by atoms with Gasteiger partial charge in [-0.1, -0.05) is 32.0 Å². The molecule has 2 amide bonds. The fourth-order valence-corrected chi connectivity index (χ4v) is 2.30. The summed E-state index contributed by atoms with van der Waals surface area (Å²) in [7, 11) is 3.18. The highest BCUT2D eigenvalue weighted by Crippen LogP contribution is 2.27. The Morgan fingerprint density at radius 1 is 1.00 bits per heavy atom. The molecule has 0 heterocycles. The summed E-state index contributed by atoms with van der Waals surface area (Å²) in [5.41, 5.74) is 2.94. The monoisotopic (exact) mass is 328 g/mol. The number of hydrogen-bond acceptors (Lipinski definition) is 3. The second-order valence-corrected chi connectivity index (χ2v) is 5.77. The lowest BCUT2D eigenvalue weighted by Crippen LogP contribution is -2.28. The maximum absolute atomic E-state index is 12.0. The van der Waals surface area contributed by atoms with Crippen LogP contribution in [0.4, 0.5) is 10.5 Å². The molecule has 0 aliphatic heterocycles. The Labute approximate surface area is 143 Å². The summed E-state index contributed by atoms with van der Waals surface area (Å²) in [4.78, 5) is 12.0. The predicted molar refractivity (Wildman–Crippen MR) is 95.9 cm³/mol. The molecule has 5 heteroatoms. The number of ether oxygens (including phenoxy) is 2. The lowest BCUT2D eigenvalue weighted by molar-refractivity contribution is 0.251. The van der Waals surface area contributed by atoms with Gasteiger partial charge in [0.05, 0.1) is 14.2 Å². The summed E-state index contributed by atoms with van der Waals surface area (Å²) in [6, 6.07) is 13.2. The molecule has 0 saturated heterocycles. The van der Waals surface area contributed by atoms with Crippen LogP contribution in [0.5, 0.6) is 11.5 Å². The summed E-state index contributed by atoms with van der Waals surface area (Å²) in [6.45, 7) is 4.67. The van der Waals surface area contributed by atoms with Gasteiger partial charge < -0.3 is 20.1 Å². The second kappa shape index (κ2) is 8.24. The fourth-order valence-electron chi connectivity index (χ4n) is 2.30. The van der Waals surface area contributed by atoms with Crippen LogP contribution in [0.1, 0.15) is 30.9 Å². The Kier molecular flexibility index (Phi) is 6.07. The Hall–Kier alpha value is -2.69. The first-order valence-corrected chi connectivity index (χ1v) is 7.89. The topological polar surface area (TPSA) is 59.6 Å². The minimum atomic E-state index is -0.248. The number of anilines is 1. The van der Waals surface area contributed by atoms with Crippen LogP contribution in [-0.2, 0) is 6.54 Å². The van der Waals surface area contributed by atoms with Crippen molar-refractivity contribution in [1.82, 2.24) is 5.32 Å². The zero-order valence-electron chi connectivity index (χ0n) is 14.6. The molecule has 128 valence electrons. The lowest BCUT2D eigenvalue weighted by atomic mass is 10.0. The van der Waals surface area contributed by atoms with E-state index in [1.165, 1.54) is 5.56 Å². The van der Waals surface area contributed by atoms with Gasteiger partial charge >= 0.3 is 6.03 Å². The minimum absolute atomic E-state index is 0.248. The number of nitrogens with one attached hydrogen (secondary N) is 2.